The summed E-state index contributed by atoms with van der Waals surface area (Å²) in [4.78, 5) is 12.3. The molecule has 1 aromatic carbocycles. The molecule has 0 aliphatic heterocycles. The average Bonchev–Trinajstić information content (AvgIpc) is 2.82. The Morgan fingerprint density at radius 3 is 2.78 bits per heavy atom. The highest BCUT2D eigenvalue weighted by Gasteiger charge is 2.35. The van der Waals surface area contributed by atoms with Crippen LogP contribution < -0.4 is 5.73 Å². The van der Waals surface area contributed by atoms with E-state index in [-0.39, 0.29) is 16.3 Å². The zero-order valence-electron chi connectivity index (χ0n) is 9.76. The molecule has 0 radical (unpaired) electrons. The van der Waals surface area contributed by atoms with Crippen molar-refractivity contribution in [3.05, 3.63) is 33.8 Å². The molecule has 0 spiro atoms. The second-order valence-electron chi connectivity index (χ2n) is 4.62. The molecule has 0 heterocycles. The van der Waals surface area contributed by atoms with Gasteiger partial charge in [-0.2, -0.15) is 0 Å². The van der Waals surface area contributed by atoms with Gasteiger partial charge in [-0.15, -0.1) is 0 Å². The quantitative estimate of drug-likeness (QED) is 0.686. The van der Waals surface area contributed by atoms with Gasteiger partial charge in [0.05, 0.1) is 10.0 Å². The van der Waals surface area contributed by atoms with Crippen LogP contribution in [0.15, 0.2) is 16.6 Å². The first kappa shape index (κ1) is 13.6. The van der Waals surface area contributed by atoms with Gasteiger partial charge >= 0.3 is 0 Å². The van der Waals surface area contributed by atoms with Gasteiger partial charge in [-0.1, -0.05) is 6.42 Å². The number of carbonyl (C=O) groups excluding carboxylic acids is 1. The van der Waals surface area contributed by atoms with Gasteiger partial charge in [0.2, 0.25) is 0 Å². The SMILES string of the molecule is NCC1CCCC1C(=O)c1c(F)ccc(Br)c1F. The summed E-state index contributed by atoms with van der Waals surface area (Å²) in [6.45, 7) is 0.383. The van der Waals surface area contributed by atoms with E-state index in [4.69, 9.17) is 5.73 Å². The van der Waals surface area contributed by atoms with Crippen molar-refractivity contribution in [3.8, 4) is 0 Å². The van der Waals surface area contributed by atoms with E-state index in [2.05, 4.69) is 15.9 Å². The van der Waals surface area contributed by atoms with Crippen LogP contribution in [0.3, 0.4) is 0 Å². The maximum atomic E-state index is 13.9. The van der Waals surface area contributed by atoms with Gasteiger partial charge in [0, 0.05) is 5.92 Å². The van der Waals surface area contributed by atoms with E-state index in [1.165, 1.54) is 6.07 Å². The largest absolute Gasteiger partial charge is 0.330 e. The number of nitrogens with two attached hydrogens (primary N) is 1. The molecule has 2 N–H and O–H groups in total. The lowest BCUT2D eigenvalue weighted by Gasteiger charge is -2.17. The first-order valence-electron chi connectivity index (χ1n) is 5.94. The van der Waals surface area contributed by atoms with E-state index in [1.54, 1.807) is 0 Å². The molecule has 2 nitrogen and oxygen atoms in total. The molecular formula is C13H14BrF2NO. The number of hydrogen-bond acceptors (Lipinski definition) is 2. The topological polar surface area (TPSA) is 43.1 Å². The molecule has 2 atom stereocenters. The third-order valence-electron chi connectivity index (χ3n) is 3.59. The number of carbonyl (C=O) groups is 1. The molecule has 2 unspecified atom stereocenters. The van der Waals surface area contributed by atoms with E-state index >= 15 is 0 Å². The summed E-state index contributed by atoms with van der Waals surface area (Å²) < 4.78 is 27.6. The van der Waals surface area contributed by atoms with Crippen LogP contribution in [0, 0.1) is 23.5 Å². The second kappa shape index (κ2) is 5.45. The zero-order valence-corrected chi connectivity index (χ0v) is 11.3. The van der Waals surface area contributed by atoms with Crippen molar-refractivity contribution in [1.82, 2.24) is 0 Å². The highest BCUT2D eigenvalue weighted by Crippen LogP contribution is 2.35. The Bertz CT molecular complexity index is 478. The molecule has 1 fully saturated rings. The minimum Gasteiger partial charge on any atom is -0.330 e. The third kappa shape index (κ3) is 2.34. The highest BCUT2D eigenvalue weighted by atomic mass is 79.9. The summed E-state index contributed by atoms with van der Waals surface area (Å²) in [5, 5.41) is 0. The van der Waals surface area contributed by atoms with Crippen LogP contribution in [-0.2, 0) is 0 Å². The zero-order chi connectivity index (χ0) is 13.3. The van der Waals surface area contributed by atoms with Gasteiger partial charge in [0.15, 0.2) is 11.6 Å². The summed E-state index contributed by atoms with van der Waals surface area (Å²) in [6, 6.07) is 2.36. The van der Waals surface area contributed by atoms with E-state index in [9.17, 15) is 13.6 Å². The molecule has 0 amide bonds. The number of hydrogen-bond donors (Lipinski definition) is 1. The summed E-state index contributed by atoms with van der Waals surface area (Å²) in [5.74, 6) is -2.39. The van der Waals surface area contributed by atoms with Crippen molar-refractivity contribution >= 4 is 21.7 Å². The smallest absolute Gasteiger partial charge is 0.172 e. The Morgan fingerprint density at radius 2 is 2.11 bits per heavy atom. The highest BCUT2D eigenvalue weighted by molar-refractivity contribution is 9.10. The van der Waals surface area contributed by atoms with Gasteiger partial charge in [0.25, 0.3) is 0 Å². The summed E-state index contributed by atoms with van der Waals surface area (Å²) in [6.07, 6.45) is 2.39. The van der Waals surface area contributed by atoms with Gasteiger partial charge in [0.1, 0.15) is 5.82 Å². The molecular weight excluding hydrogens is 304 g/mol. The molecule has 0 aromatic heterocycles. The molecule has 0 bridgehead atoms. The Morgan fingerprint density at radius 1 is 1.39 bits per heavy atom. The van der Waals surface area contributed by atoms with E-state index in [0.29, 0.717) is 13.0 Å². The maximum absolute atomic E-state index is 13.9. The van der Waals surface area contributed by atoms with Crippen LogP contribution in [0.4, 0.5) is 8.78 Å². The van der Waals surface area contributed by atoms with Crippen molar-refractivity contribution < 1.29 is 13.6 Å². The minimum atomic E-state index is -0.817. The van der Waals surface area contributed by atoms with Crippen LogP contribution in [0.25, 0.3) is 0 Å². The minimum absolute atomic E-state index is 0.0373. The van der Waals surface area contributed by atoms with E-state index in [0.717, 1.165) is 18.9 Å². The molecule has 1 aliphatic rings. The second-order valence-corrected chi connectivity index (χ2v) is 5.47. The molecule has 1 aliphatic carbocycles. The summed E-state index contributed by atoms with van der Waals surface area (Å²) in [5.41, 5.74) is 5.16. The van der Waals surface area contributed by atoms with Crippen molar-refractivity contribution in [3.63, 3.8) is 0 Å². The number of Topliss-reactive ketones (excluding diaryl/α,β-unsaturated/α-hetero) is 1. The van der Waals surface area contributed by atoms with Crippen molar-refractivity contribution in [2.24, 2.45) is 17.6 Å². The molecule has 2 rings (SSSR count). The molecule has 1 saturated carbocycles. The Balaban J connectivity index is 2.37. The Kier molecular flexibility index (Phi) is 4.12. The van der Waals surface area contributed by atoms with Crippen LogP contribution in [0.5, 0.6) is 0 Å². The molecule has 18 heavy (non-hydrogen) atoms. The molecule has 98 valence electrons. The predicted molar refractivity (Wildman–Crippen MR) is 68.3 cm³/mol. The molecule has 5 heteroatoms. The van der Waals surface area contributed by atoms with Crippen LogP contribution in [0.2, 0.25) is 0 Å². The standard InChI is InChI=1S/C13H14BrF2NO/c14-9-4-5-10(15)11(12(9)16)13(18)8-3-1-2-7(8)6-17/h4-5,7-8H,1-3,6,17H2. The van der Waals surface area contributed by atoms with Gasteiger partial charge < -0.3 is 5.73 Å². The fourth-order valence-electron chi connectivity index (χ4n) is 2.60. The van der Waals surface area contributed by atoms with E-state index < -0.39 is 23.0 Å². The monoisotopic (exact) mass is 317 g/mol. The maximum Gasteiger partial charge on any atom is 0.172 e. The van der Waals surface area contributed by atoms with Crippen LogP contribution in [0.1, 0.15) is 29.6 Å². The summed E-state index contributed by atoms with van der Waals surface area (Å²) >= 11 is 2.97. The fourth-order valence-corrected chi connectivity index (χ4v) is 2.93. The van der Waals surface area contributed by atoms with Gasteiger partial charge in [-0.05, 0) is 53.4 Å². The third-order valence-corrected chi connectivity index (χ3v) is 4.20. The molecule has 0 saturated heterocycles. The lowest BCUT2D eigenvalue weighted by molar-refractivity contribution is 0.0884. The first-order valence-corrected chi connectivity index (χ1v) is 6.73. The number of halogens is 3. The number of ketones is 1. The van der Waals surface area contributed by atoms with Gasteiger partial charge in [-0.3, -0.25) is 4.79 Å². The van der Waals surface area contributed by atoms with Crippen LogP contribution >= 0.6 is 15.9 Å². The number of benzene rings is 1. The van der Waals surface area contributed by atoms with Crippen LogP contribution in [-0.4, -0.2) is 12.3 Å². The van der Waals surface area contributed by atoms with Crippen molar-refractivity contribution in [1.29, 1.82) is 0 Å². The Labute approximate surface area is 113 Å². The molecule has 1 aromatic rings. The number of rotatable bonds is 3. The Hall–Kier alpha value is -0.810. The van der Waals surface area contributed by atoms with Crippen molar-refractivity contribution in [2.45, 2.75) is 19.3 Å². The fraction of sp³-hybridized carbons (Fsp3) is 0.462. The average molecular weight is 318 g/mol. The lowest BCUT2D eigenvalue weighted by Crippen LogP contribution is -2.26. The predicted octanol–water partition coefficient (Wildman–Crippen LogP) is 3.29. The normalized spacial score (nSPS) is 23.3. The lowest BCUT2D eigenvalue weighted by atomic mass is 9.88. The van der Waals surface area contributed by atoms with Crippen molar-refractivity contribution in [2.75, 3.05) is 6.54 Å². The van der Waals surface area contributed by atoms with E-state index in [1.807, 2.05) is 0 Å². The summed E-state index contributed by atoms with van der Waals surface area (Å²) in [7, 11) is 0. The van der Waals surface area contributed by atoms with Gasteiger partial charge in [-0.25, -0.2) is 8.78 Å². The first-order chi connectivity index (χ1) is 8.56.